The molecule has 1 saturated carbocycles. The van der Waals surface area contributed by atoms with Crippen LogP contribution in [0.25, 0.3) is 0 Å². The Hall–Kier alpha value is -0.750. The summed E-state index contributed by atoms with van der Waals surface area (Å²) in [5.74, 6) is 0.688. The number of hydrogen-bond donors (Lipinski definition) is 1. The van der Waals surface area contributed by atoms with Gasteiger partial charge in [0.15, 0.2) is 5.13 Å². The number of nitrogens with zero attached hydrogens (tertiary/aromatic N) is 2. The van der Waals surface area contributed by atoms with Crippen molar-refractivity contribution in [2.24, 2.45) is 0 Å². The number of carbonyl (C=O) groups excluding carboxylic acids is 1. The predicted molar refractivity (Wildman–Crippen MR) is 76.9 cm³/mol. The lowest BCUT2D eigenvalue weighted by Crippen LogP contribution is -2.39. The Morgan fingerprint density at radius 1 is 1.56 bits per heavy atom. The van der Waals surface area contributed by atoms with E-state index in [2.05, 4.69) is 4.98 Å². The van der Waals surface area contributed by atoms with Crippen molar-refractivity contribution >= 4 is 34.1 Å². The van der Waals surface area contributed by atoms with Crippen LogP contribution in [0.2, 0.25) is 0 Å². The van der Waals surface area contributed by atoms with Crippen LogP contribution in [-0.4, -0.2) is 34.6 Å². The van der Waals surface area contributed by atoms with E-state index in [9.17, 15) is 4.79 Å². The molecule has 4 nitrogen and oxygen atoms in total. The predicted octanol–water partition coefficient (Wildman–Crippen LogP) is 2.61. The molecule has 0 spiro atoms. The summed E-state index contributed by atoms with van der Waals surface area (Å²) >= 11 is 2.96. The van der Waals surface area contributed by atoms with E-state index in [1.165, 1.54) is 42.4 Å². The molecule has 1 aromatic heterocycles. The smallest absolute Gasteiger partial charge is 0.232 e. The van der Waals surface area contributed by atoms with Crippen molar-refractivity contribution in [1.82, 2.24) is 9.88 Å². The first kappa shape index (κ1) is 13.7. The molecule has 0 aromatic carbocycles. The average Bonchev–Trinajstić information content (AvgIpc) is 2.82. The molecule has 100 valence electrons. The highest BCUT2D eigenvalue weighted by Crippen LogP contribution is 2.27. The summed E-state index contributed by atoms with van der Waals surface area (Å²) < 4.78 is 1.01. The largest absolute Gasteiger partial charge is 0.375 e. The Morgan fingerprint density at radius 3 is 2.89 bits per heavy atom. The zero-order valence-electron chi connectivity index (χ0n) is 10.6. The maximum atomic E-state index is 12.1. The van der Waals surface area contributed by atoms with Crippen LogP contribution in [0.1, 0.15) is 32.1 Å². The van der Waals surface area contributed by atoms with E-state index >= 15 is 0 Å². The van der Waals surface area contributed by atoms with Crippen LogP contribution in [0, 0.1) is 0 Å². The van der Waals surface area contributed by atoms with E-state index in [1.807, 2.05) is 11.9 Å². The first-order valence-electron chi connectivity index (χ1n) is 6.26. The van der Waals surface area contributed by atoms with Gasteiger partial charge in [-0.1, -0.05) is 30.6 Å². The Kier molecular flexibility index (Phi) is 4.88. The van der Waals surface area contributed by atoms with Gasteiger partial charge in [-0.05, 0) is 12.8 Å². The number of nitrogens with two attached hydrogens (primary N) is 1. The molecule has 0 saturated heterocycles. The molecule has 0 radical (unpaired) electrons. The number of rotatable bonds is 4. The van der Waals surface area contributed by atoms with Gasteiger partial charge in [-0.3, -0.25) is 4.79 Å². The van der Waals surface area contributed by atoms with E-state index in [1.54, 1.807) is 6.20 Å². The van der Waals surface area contributed by atoms with E-state index < -0.39 is 0 Å². The average molecular weight is 285 g/mol. The second-order valence-electron chi connectivity index (χ2n) is 4.60. The van der Waals surface area contributed by atoms with E-state index in [4.69, 9.17) is 5.73 Å². The van der Waals surface area contributed by atoms with Gasteiger partial charge in [0, 0.05) is 13.1 Å². The Balaban J connectivity index is 1.79. The second-order valence-corrected chi connectivity index (χ2v) is 6.94. The normalized spacial score (nSPS) is 16.7. The van der Waals surface area contributed by atoms with Crippen molar-refractivity contribution < 1.29 is 4.79 Å². The Labute approximate surface area is 116 Å². The molecule has 0 bridgehead atoms. The number of aromatic nitrogens is 1. The summed E-state index contributed by atoms with van der Waals surface area (Å²) in [5.41, 5.74) is 5.56. The lowest BCUT2D eigenvalue weighted by molar-refractivity contribution is -0.129. The minimum Gasteiger partial charge on any atom is -0.375 e. The number of amides is 1. The summed E-state index contributed by atoms with van der Waals surface area (Å²) in [4.78, 5) is 18.0. The molecule has 18 heavy (non-hydrogen) atoms. The van der Waals surface area contributed by atoms with Crippen LogP contribution in [0.3, 0.4) is 0 Å². The van der Waals surface area contributed by atoms with Gasteiger partial charge in [0.1, 0.15) is 0 Å². The van der Waals surface area contributed by atoms with Crippen LogP contribution in [0.4, 0.5) is 5.13 Å². The lowest BCUT2D eigenvalue weighted by atomic mass is 9.94. The van der Waals surface area contributed by atoms with Gasteiger partial charge in [0.25, 0.3) is 0 Å². The molecule has 6 heteroatoms. The van der Waals surface area contributed by atoms with Crippen LogP contribution in [0.15, 0.2) is 10.4 Å². The monoisotopic (exact) mass is 285 g/mol. The molecule has 1 aliphatic carbocycles. The molecule has 0 atom stereocenters. The highest BCUT2D eigenvalue weighted by molar-refractivity contribution is 8.01. The Bertz CT molecular complexity index is 402. The minimum absolute atomic E-state index is 0.207. The van der Waals surface area contributed by atoms with Crippen molar-refractivity contribution in [3.05, 3.63) is 6.20 Å². The highest BCUT2D eigenvalue weighted by Gasteiger charge is 2.21. The summed E-state index contributed by atoms with van der Waals surface area (Å²) in [6.07, 6.45) is 7.86. The fraction of sp³-hybridized carbons (Fsp3) is 0.667. The first-order valence-corrected chi connectivity index (χ1v) is 8.07. The fourth-order valence-electron chi connectivity index (χ4n) is 2.25. The third kappa shape index (κ3) is 3.62. The third-order valence-corrected chi connectivity index (χ3v) is 5.36. The SMILES string of the molecule is CN(C(=O)CSc1cnc(N)s1)C1CCCCC1. The molecular weight excluding hydrogens is 266 g/mol. The summed E-state index contributed by atoms with van der Waals surface area (Å²) in [7, 11) is 1.93. The number of carbonyl (C=O) groups is 1. The fourth-order valence-corrected chi connectivity index (χ4v) is 3.93. The summed E-state index contributed by atoms with van der Waals surface area (Å²) in [6.45, 7) is 0. The number of hydrogen-bond acceptors (Lipinski definition) is 5. The molecule has 1 fully saturated rings. The molecule has 1 aliphatic rings. The van der Waals surface area contributed by atoms with Crippen molar-refractivity contribution in [1.29, 1.82) is 0 Å². The van der Waals surface area contributed by atoms with Gasteiger partial charge in [-0.25, -0.2) is 4.98 Å². The standard InChI is InChI=1S/C12H19N3OS2/c1-15(9-5-3-2-4-6-9)10(16)8-17-11-7-14-12(13)18-11/h7,9H,2-6,8H2,1H3,(H2,13,14). The molecule has 0 unspecified atom stereocenters. The second kappa shape index (κ2) is 6.43. The van der Waals surface area contributed by atoms with Gasteiger partial charge in [-0.2, -0.15) is 0 Å². The van der Waals surface area contributed by atoms with Crippen molar-refractivity contribution in [3.63, 3.8) is 0 Å². The quantitative estimate of drug-likeness (QED) is 0.864. The van der Waals surface area contributed by atoms with Crippen LogP contribution >= 0.6 is 23.1 Å². The summed E-state index contributed by atoms with van der Waals surface area (Å²) in [5, 5.41) is 0.561. The molecule has 2 N–H and O–H groups in total. The maximum absolute atomic E-state index is 12.1. The van der Waals surface area contributed by atoms with Gasteiger partial charge in [-0.15, -0.1) is 11.8 Å². The maximum Gasteiger partial charge on any atom is 0.232 e. The third-order valence-electron chi connectivity index (χ3n) is 3.36. The zero-order chi connectivity index (χ0) is 13.0. The Morgan fingerprint density at radius 2 is 2.28 bits per heavy atom. The number of thiazole rings is 1. The topological polar surface area (TPSA) is 59.2 Å². The van der Waals surface area contributed by atoms with Crippen LogP contribution in [0.5, 0.6) is 0 Å². The summed E-state index contributed by atoms with van der Waals surface area (Å²) in [6, 6.07) is 0.443. The van der Waals surface area contributed by atoms with E-state index in [0.717, 1.165) is 17.1 Å². The highest BCUT2D eigenvalue weighted by atomic mass is 32.2. The zero-order valence-corrected chi connectivity index (χ0v) is 12.2. The van der Waals surface area contributed by atoms with Crippen molar-refractivity contribution in [3.8, 4) is 0 Å². The van der Waals surface area contributed by atoms with Gasteiger partial charge in [0.2, 0.25) is 5.91 Å². The number of anilines is 1. The molecule has 1 aromatic rings. The number of nitrogen functional groups attached to an aromatic ring is 1. The van der Waals surface area contributed by atoms with E-state index in [0.29, 0.717) is 16.9 Å². The van der Waals surface area contributed by atoms with Gasteiger partial charge < -0.3 is 10.6 Å². The van der Waals surface area contributed by atoms with E-state index in [-0.39, 0.29) is 5.91 Å². The minimum atomic E-state index is 0.207. The van der Waals surface area contributed by atoms with Crippen LogP contribution in [-0.2, 0) is 4.79 Å². The van der Waals surface area contributed by atoms with Crippen molar-refractivity contribution in [2.75, 3.05) is 18.5 Å². The van der Waals surface area contributed by atoms with Gasteiger partial charge in [0.05, 0.1) is 16.2 Å². The van der Waals surface area contributed by atoms with Crippen molar-refractivity contribution in [2.45, 2.75) is 42.4 Å². The molecule has 0 aliphatic heterocycles. The molecule has 2 rings (SSSR count). The molecular formula is C12H19N3OS2. The van der Waals surface area contributed by atoms with Crippen LogP contribution < -0.4 is 5.73 Å². The first-order chi connectivity index (χ1) is 8.66. The van der Waals surface area contributed by atoms with Gasteiger partial charge >= 0.3 is 0 Å². The lowest BCUT2D eigenvalue weighted by Gasteiger charge is -2.31. The molecule has 1 heterocycles. The number of thioether (sulfide) groups is 1. The molecule has 1 amide bonds.